The third-order valence-electron chi connectivity index (χ3n) is 5.87. The average Bonchev–Trinajstić information content (AvgIpc) is 3.48. The van der Waals surface area contributed by atoms with Crippen LogP contribution in [0.15, 0.2) is 97.5 Å². The van der Waals surface area contributed by atoms with Gasteiger partial charge in [0.05, 0.1) is 23.6 Å². The van der Waals surface area contributed by atoms with Gasteiger partial charge < -0.3 is 11.1 Å². The van der Waals surface area contributed by atoms with Crippen LogP contribution in [0.3, 0.4) is 0 Å². The third kappa shape index (κ3) is 6.08. The number of amides is 1. The molecule has 3 N–H and O–H groups in total. The van der Waals surface area contributed by atoms with Crippen LogP contribution in [-0.2, 0) is 11.2 Å². The van der Waals surface area contributed by atoms with Crippen LogP contribution in [0.5, 0.6) is 0 Å². The molecule has 1 amide bonds. The van der Waals surface area contributed by atoms with Crippen molar-refractivity contribution >= 4 is 29.3 Å². The number of carbonyl (C=O) groups is 1. The van der Waals surface area contributed by atoms with Crippen LogP contribution in [0.25, 0.3) is 22.9 Å². The molecule has 0 aliphatic carbocycles. The van der Waals surface area contributed by atoms with E-state index in [1.807, 2.05) is 60.7 Å². The van der Waals surface area contributed by atoms with E-state index in [0.29, 0.717) is 34.1 Å². The quantitative estimate of drug-likeness (QED) is 0.227. The second-order valence-electron chi connectivity index (χ2n) is 8.53. The number of anilines is 1. The van der Waals surface area contributed by atoms with Crippen LogP contribution in [-0.4, -0.2) is 36.3 Å². The number of nitrogens with zero attached hydrogens (tertiary/aromatic N) is 6. The number of tetrazole rings is 1. The molecule has 0 radical (unpaired) electrons. The van der Waals surface area contributed by atoms with Crippen molar-refractivity contribution in [2.45, 2.75) is 12.5 Å². The van der Waals surface area contributed by atoms with E-state index in [4.69, 9.17) is 17.3 Å². The van der Waals surface area contributed by atoms with Gasteiger partial charge in [-0.1, -0.05) is 54.1 Å². The van der Waals surface area contributed by atoms with E-state index in [0.717, 1.165) is 16.7 Å². The number of aromatic nitrogens is 6. The number of benzene rings is 3. The molecule has 2 aromatic heterocycles. The van der Waals surface area contributed by atoms with Gasteiger partial charge in [0.25, 0.3) is 0 Å². The van der Waals surface area contributed by atoms with Gasteiger partial charge in [0.15, 0.2) is 0 Å². The van der Waals surface area contributed by atoms with Gasteiger partial charge in [0.2, 0.25) is 5.91 Å². The van der Waals surface area contributed by atoms with Gasteiger partial charge >= 0.3 is 0 Å². The zero-order chi connectivity index (χ0) is 26.3. The van der Waals surface area contributed by atoms with Crippen LogP contribution < -0.4 is 11.1 Å². The van der Waals surface area contributed by atoms with Crippen molar-refractivity contribution in [1.82, 2.24) is 35.7 Å². The number of hydrogen-bond donors (Lipinski definition) is 2. The van der Waals surface area contributed by atoms with Crippen molar-refractivity contribution in [3.8, 4) is 16.8 Å². The number of rotatable bonds is 8. The number of hydrogen-bond acceptors (Lipinski definition) is 7. The monoisotopic (exact) mass is 522 g/mol. The second kappa shape index (κ2) is 11.4. The van der Waals surface area contributed by atoms with Gasteiger partial charge in [-0.25, -0.2) is 0 Å². The lowest BCUT2D eigenvalue weighted by Crippen LogP contribution is -2.29. The number of nitrogens with two attached hydrogens (primary N) is 1. The first-order valence-electron chi connectivity index (χ1n) is 11.8. The Morgan fingerprint density at radius 1 is 1.00 bits per heavy atom. The summed E-state index contributed by atoms with van der Waals surface area (Å²) >= 11 is 6.20. The summed E-state index contributed by atoms with van der Waals surface area (Å²) in [4.78, 5) is 13.1. The van der Waals surface area contributed by atoms with Gasteiger partial charge in [-0.15, -0.1) is 5.10 Å². The fourth-order valence-electron chi connectivity index (χ4n) is 3.99. The zero-order valence-electron chi connectivity index (χ0n) is 20.1. The van der Waals surface area contributed by atoms with Crippen molar-refractivity contribution in [3.63, 3.8) is 0 Å². The van der Waals surface area contributed by atoms with E-state index < -0.39 is 6.04 Å². The molecule has 0 bridgehead atoms. The molecule has 9 nitrogen and oxygen atoms in total. The topological polar surface area (TPSA) is 125 Å². The van der Waals surface area contributed by atoms with Gasteiger partial charge in [0.1, 0.15) is 6.33 Å². The Morgan fingerprint density at radius 2 is 1.82 bits per heavy atom. The number of nitrogens with one attached hydrogen (secondary N) is 1. The standard InChI is InChI=1S/C28H23ClN8O/c29-23-9-12-27(37-18-32-35-36-37)21(15-23)8-13-28(38)33-25(14-19-4-2-1-3-5-19)26-16-22(17-31-34-26)20-6-10-24(30)11-7-20/h1-13,15-18,25H,14,30H2,(H,33,38). The summed E-state index contributed by atoms with van der Waals surface area (Å²) in [6.45, 7) is 0. The fourth-order valence-corrected chi connectivity index (χ4v) is 4.17. The molecule has 188 valence electrons. The molecule has 10 heteroatoms. The van der Waals surface area contributed by atoms with Crippen LogP contribution in [0.4, 0.5) is 5.69 Å². The lowest BCUT2D eigenvalue weighted by atomic mass is 10.00. The minimum absolute atomic E-state index is 0.298. The summed E-state index contributed by atoms with van der Waals surface area (Å²) in [5.74, 6) is -0.298. The molecule has 5 aromatic rings. The molecule has 0 saturated heterocycles. The normalized spacial score (nSPS) is 11.9. The Kier molecular flexibility index (Phi) is 7.47. The van der Waals surface area contributed by atoms with Gasteiger partial charge in [-0.2, -0.15) is 14.9 Å². The average molecular weight is 523 g/mol. The highest BCUT2D eigenvalue weighted by Gasteiger charge is 2.18. The Labute approximate surface area is 224 Å². The minimum Gasteiger partial charge on any atom is -0.399 e. The predicted molar refractivity (Wildman–Crippen MR) is 146 cm³/mol. The van der Waals surface area contributed by atoms with Gasteiger partial charge in [-0.05, 0) is 70.4 Å². The van der Waals surface area contributed by atoms with Gasteiger partial charge in [-0.3, -0.25) is 4.79 Å². The minimum atomic E-state index is -0.422. The highest BCUT2D eigenvalue weighted by atomic mass is 35.5. The van der Waals surface area contributed by atoms with Crippen molar-refractivity contribution in [3.05, 3.63) is 119 Å². The van der Waals surface area contributed by atoms with Crippen LogP contribution in [0.1, 0.15) is 22.9 Å². The van der Waals surface area contributed by atoms with E-state index in [1.165, 1.54) is 17.1 Å². The van der Waals surface area contributed by atoms with Crippen LogP contribution in [0.2, 0.25) is 5.02 Å². The van der Waals surface area contributed by atoms with Crippen LogP contribution in [0, 0.1) is 0 Å². The van der Waals surface area contributed by atoms with Crippen molar-refractivity contribution in [2.24, 2.45) is 0 Å². The first kappa shape index (κ1) is 24.8. The largest absolute Gasteiger partial charge is 0.399 e. The van der Waals surface area contributed by atoms with Crippen molar-refractivity contribution < 1.29 is 4.79 Å². The molecule has 0 saturated carbocycles. The van der Waals surface area contributed by atoms with E-state index in [-0.39, 0.29) is 5.91 Å². The Hall–Kier alpha value is -4.89. The number of carbonyl (C=O) groups excluding carboxylic acids is 1. The van der Waals surface area contributed by atoms with E-state index in [2.05, 4.69) is 31.0 Å². The molecule has 0 spiro atoms. The fraction of sp³-hybridized carbons (Fsp3) is 0.0714. The Morgan fingerprint density at radius 3 is 2.58 bits per heavy atom. The van der Waals surface area contributed by atoms with E-state index >= 15 is 0 Å². The summed E-state index contributed by atoms with van der Waals surface area (Å²) in [5.41, 5.74) is 11.4. The first-order chi connectivity index (χ1) is 18.5. The molecule has 38 heavy (non-hydrogen) atoms. The first-order valence-corrected chi connectivity index (χ1v) is 12.2. The molecule has 0 aliphatic rings. The molecular weight excluding hydrogens is 500 g/mol. The highest BCUT2D eigenvalue weighted by molar-refractivity contribution is 6.30. The molecule has 0 aliphatic heterocycles. The molecular formula is C28H23ClN8O. The van der Waals surface area contributed by atoms with Crippen molar-refractivity contribution in [2.75, 3.05) is 5.73 Å². The SMILES string of the molecule is Nc1ccc(-c2cnnc(C(Cc3ccccc3)NC(=O)C=Cc3cc(Cl)ccc3-n3cnnn3)c2)cc1. The summed E-state index contributed by atoms with van der Waals surface area (Å²) < 4.78 is 1.50. The molecule has 1 atom stereocenters. The van der Waals surface area contributed by atoms with Crippen LogP contribution >= 0.6 is 11.6 Å². The van der Waals surface area contributed by atoms with Gasteiger partial charge in [0, 0.05) is 27.9 Å². The number of nitrogen functional groups attached to an aromatic ring is 1. The maximum Gasteiger partial charge on any atom is 0.244 e. The zero-order valence-corrected chi connectivity index (χ0v) is 20.9. The maximum atomic E-state index is 13.1. The van der Waals surface area contributed by atoms with E-state index in [9.17, 15) is 4.79 Å². The molecule has 1 unspecified atom stereocenters. The molecule has 0 fully saturated rings. The molecule has 3 aromatic carbocycles. The maximum absolute atomic E-state index is 13.1. The summed E-state index contributed by atoms with van der Waals surface area (Å²) in [6.07, 6.45) is 6.83. The van der Waals surface area contributed by atoms with Crippen molar-refractivity contribution in [1.29, 1.82) is 0 Å². The highest BCUT2D eigenvalue weighted by Crippen LogP contribution is 2.24. The summed E-state index contributed by atoms with van der Waals surface area (Å²) in [5, 5.41) is 23.5. The lowest BCUT2D eigenvalue weighted by Gasteiger charge is -2.18. The molecule has 5 rings (SSSR count). The smallest absolute Gasteiger partial charge is 0.244 e. The predicted octanol–water partition coefficient (Wildman–Crippen LogP) is 4.47. The second-order valence-corrected chi connectivity index (χ2v) is 8.97. The van der Waals surface area contributed by atoms with E-state index in [1.54, 1.807) is 30.5 Å². The summed E-state index contributed by atoms with van der Waals surface area (Å²) in [7, 11) is 0. The lowest BCUT2D eigenvalue weighted by molar-refractivity contribution is -0.117. The Balaban J connectivity index is 1.42. The Bertz CT molecular complexity index is 1550. The molecule has 2 heterocycles. The third-order valence-corrected chi connectivity index (χ3v) is 6.11. The summed E-state index contributed by atoms with van der Waals surface area (Å²) in [6, 6.07) is 24.2. The number of halogens is 1.